The molecule has 2 N–H and O–H groups in total. The molecular formula is C19H18F2N2O3. The number of benzene rings is 2. The number of hydrogen-bond donors (Lipinski definition) is 2. The summed E-state index contributed by atoms with van der Waals surface area (Å²) < 4.78 is 32.1. The monoisotopic (exact) mass is 360 g/mol. The number of rotatable bonds is 4. The van der Waals surface area contributed by atoms with Gasteiger partial charge < -0.3 is 15.4 Å². The second-order valence-electron chi connectivity index (χ2n) is 6.27. The molecule has 0 aromatic heterocycles. The summed E-state index contributed by atoms with van der Waals surface area (Å²) in [6.45, 7) is 0.135. The molecule has 7 heteroatoms. The van der Waals surface area contributed by atoms with Gasteiger partial charge in [0, 0.05) is 32.6 Å². The van der Waals surface area contributed by atoms with Gasteiger partial charge in [-0.3, -0.25) is 9.59 Å². The van der Waals surface area contributed by atoms with Crippen molar-refractivity contribution >= 4 is 17.5 Å². The van der Waals surface area contributed by atoms with Gasteiger partial charge in [0.1, 0.15) is 11.6 Å². The molecule has 0 heterocycles. The van der Waals surface area contributed by atoms with E-state index in [9.17, 15) is 18.4 Å². The second-order valence-corrected chi connectivity index (χ2v) is 6.27. The van der Waals surface area contributed by atoms with Crippen molar-refractivity contribution in [3.05, 3.63) is 65.2 Å². The first-order chi connectivity index (χ1) is 12.4. The van der Waals surface area contributed by atoms with E-state index < -0.39 is 29.0 Å². The van der Waals surface area contributed by atoms with Crippen molar-refractivity contribution in [2.75, 3.05) is 19.0 Å². The standard InChI is InChI=1S/C19H18F2N2O3/c1-26-19(9-12-4-2-3-5-13(12)10-19)11-22-17(24)18(25)23-16-7-6-14(20)8-15(16)21/h2-8H,9-11H2,1H3,(H,22,24)(H,23,25). The summed E-state index contributed by atoms with van der Waals surface area (Å²) >= 11 is 0. The summed E-state index contributed by atoms with van der Waals surface area (Å²) in [6, 6.07) is 10.6. The summed E-state index contributed by atoms with van der Waals surface area (Å²) in [5.74, 6) is -3.67. The third kappa shape index (κ3) is 3.72. The van der Waals surface area contributed by atoms with E-state index in [0.29, 0.717) is 18.9 Å². The van der Waals surface area contributed by atoms with Gasteiger partial charge in [-0.25, -0.2) is 8.78 Å². The SMILES string of the molecule is COC1(CNC(=O)C(=O)Nc2ccc(F)cc2F)Cc2ccccc2C1. The number of hydrogen-bond acceptors (Lipinski definition) is 3. The molecular weight excluding hydrogens is 342 g/mol. The van der Waals surface area contributed by atoms with Crippen LogP contribution in [0.15, 0.2) is 42.5 Å². The second kappa shape index (κ2) is 7.21. The van der Waals surface area contributed by atoms with Crippen LogP contribution in [-0.2, 0) is 27.2 Å². The maximum atomic E-state index is 13.6. The summed E-state index contributed by atoms with van der Waals surface area (Å²) in [5.41, 5.74) is 1.39. The fraction of sp³-hybridized carbons (Fsp3) is 0.263. The van der Waals surface area contributed by atoms with Gasteiger partial charge >= 0.3 is 11.8 Å². The summed E-state index contributed by atoms with van der Waals surface area (Å²) in [4.78, 5) is 24.0. The minimum absolute atomic E-state index is 0.135. The minimum Gasteiger partial charge on any atom is -0.376 e. The van der Waals surface area contributed by atoms with Crippen LogP contribution in [0.5, 0.6) is 0 Å². The van der Waals surface area contributed by atoms with Crippen LogP contribution in [0.25, 0.3) is 0 Å². The molecule has 1 aliphatic rings. The van der Waals surface area contributed by atoms with Crippen molar-refractivity contribution in [1.82, 2.24) is 5.32 Å². The fourth-order valence-electron chi connectivity index (χ4n) is 3.09. The third-order valence-corrected chi connectivity index (χ3v) is 4.53. The molecule has 0 saturated carbocycles. The molecule has 5 nitrogen and oxygen atoms in total. The lowest BCUT2D eigenvalue weighted by Gasteiger charge is -2.27. The van der Waals surface area contributed by atoms with Crippen LogP contribution in [-0.4, -0.2) is 31.1 Å². The van der Waals surface area contributed by atoms with E-state index in [1.165, 1.54) is 0 Å². The first-order valence-electron chi connectivity index (χ1n) is 8.09. The molecule has 26 heavy (non-hydrogen) atoms. The molecule has 1 aliphatic carbocycles. The lowest BCUT2D eigenvalue weighted by atomic mass is 10.00. The van der Waals surface area contributed by atoms with Gasteiger partial charge in [0.25, 0.3) is 0 Å². The largest absolute Gasteiger partial charge is 0.376 e. The molecule has 3 rings (SSSR count). The highest BCUT2D eigenvalue weighted by Gasteiger charge is 2.38. The minimum atomic E-state index is -1.03. The molecule has 0 bridgehead atoms. The number of carbonyl (C=O) groups excluding carboxylic acids is 2. The Morgan fingerprint density at radius 1 is 1.08 bits per heavy atom. The number of carbonyl (C=O) groups is 2. The van der Waals surface area contributed by atoms with Gasteiger partial charge in [-0.1, -0.05) is 24.3 Å². The Hall–Kier alpha value is -2.80. The van der Waals surface area contributed by atoms with Gasteiger partial charge in [0.2, 0.25) is 0 Å². The van der Waals surface area contributed by atoms with Crippen molar-refractivity contribution in [2.24, 2.45) is 0 Å². The molecule has 0 saturated heterocycles. The summed E-state index contributed by atoms with van der Waals surface area (Å²) in [7, 11) is 1.56. The topological polar surface area (TPSA) is 67.4 Å². The normalized spacial score (nSPS) is 14.6. The predicted octanol–water partition coefficient (Wildman–Crippen LogP) is 2.20. The highest BCUT2D eigenvalue weighted by atomic mass is 19.1. The zero-order valence-electron chi connectivity index (χ0n) is 14.1. The molecule has 2 amide bonds. The van der Waals surface area contributed by atoms with E-state index in [1.807, 2.05) is 24.3 Å². The van der Waals surface area contributed by atoms with Crippen LogP contribution in [0.3, 0.4) is 0 Å². The lowest BCUT2D eigenvalue weighted by Crippen LogP contribution is -2.48. The Labute approximate surface area is 149 Å². The number of ether oxygens (including phenoxy) is 1. The van der Waals surface area contributed by atoms with E-state index in [-0.39, 0.29) is 12.2 Å². The zero-order chi connectivity index (χ0) is 18.7. The van der Waals surface area contributed by atoms with E-state index in [2.05, 4.69) is 10.6 Å². The quantitative estimate of drug-likeness (QED) is 0.822. The average Bonchev–Trinajstić information content (AvgIpc) is 3.01. The van der Waals surface area contributed by atoms with E-state index >= 15 is 0 Å². The van der Waals surface area contributed by atoms with Gasteiger partial charge in [-0.15, -0.1) is 0 Å². The number of methoxy groups -OCH3 is 1. The fourth-order valence-corrected chi connectivity index (χ4v) is 3.09. The van der Waals surface area contributed by atoms with Crippen molar-refractivity contribution in [2.45, 2.75) is 18.4 Å². The third-order valence-electron chi connectivity index (χ3n) is 4.53. The molecule has 0 radical (unpaired) electrons. The molecule has 136 valence electrons. The smallest absolute Gasteiger partial charge is 0.313 e. The first-order valence-corrected chi connectivity index (χ1v) is 8.09. The van der Waals surface area contributed by atoms with Crippen LogP contribution in [0.4, 0.5) is 14.5 Å². The zero-order valence-corrected chi connectivity index (χ0v) is 14.1. The van der Waals surface area contributed by atoms with Crippen LogP contribution in [0, 0.1) is 11.6 Å². The van der Waals surface area contributed by atoms with Crippen LogP contribution in [0.2, 0.25) is 0 Å². The molecule has 2 aromatic rings. The van der Waals surface area contributed by atoms with Crippen molar-refractivity contribution in [3.8, 4) is 0 Å². The number of anilines is 1. The van der Waals surface area contributed by atoms with E-state index in [1.54, 1.807) is 7.11 Å². The number of fused-ring (bicyclic) bond motifs is 1. The maximum absolute atomic E-state index is 13.6. The molecule has 2 aromatic carbocycles. The lowest BCUT2D eigenvalue weighted by molar-refractivity contribution is -0.137. The Balaban J connectivity index is 1.60. The number of nitrogens with one attached hydrogen (secondary N) is 2. The molecule has 0 atom stereocenters. The Morgan fingerprint density at radius 3 is 2.31 bits per heavy atom. The van der Waals surface area contributed by atoms with E-state index in [0.717, 1.165) is 23.3 Å². The van der Waals surface area contributed by atoms with Crippen LogP contribution in [0.1, 0.15) is 11.1 Å². The molecule has 0 spiro atoms. The highest BCUT2D eigenvalue weighted by Crippen LogP contribution is 2.32. The van der Waals surface area contributed by atoms with Crippen molar-refractivity contribution < 1.29 is 23.1 Å². The molecule has 0 fully saturated rings. The maximum Gasteiger partial charge on any atom is 0.313 e. The number of amides is 2. The van der Waals surface area contributed by atoms with Gasteiger partial charge in [0.15, 0.2) is 0 Å². The van der Waals surface area contributed by atoms with Crippen LogP contribution >= 0.6 is 0 Å². The van der Waals surface area contributed by atoms with Crippen LogP contribution < -0.4 is 10.6 Å². The molecule has 0 aliphatic heterocycles. The first kappa shape index (κ1) is 18.0. The summed E-state index contributed by atoms with van der Waals surface area (Å²) in [5, 5.41) is 4.66. The predicted molar refractivity (Wildman–Crippen MR) is 91.6 cm³/mol. The van der Waals surface area contributed by atoms with E-state index in [4.69, 9.17) is 4.74 Å². The Kier molecular flexibility index (Phi) is 4.99. The highest BCUT2D eigenvalue weighted by molar-refractivity contribution is 6.39. The number of halogens is 2. The van der Waals surface area contributed by atoms with Gasteiger partial charge in [-0.05, 0) is 23.3 Å². The van der Waals surface area contributed by atoms with Gasteiger partial charge in [-0.2, -0.15) is 0 Å². The Bertz CT molecular complexity index is 829. The van der Waals surface area contributed by atoms with Crippen molar-refractivity contribution in [3.63, 3.8) is 0 Å². The molecule has 0 unspecified atom stereocenters. The average molecular weight is 360 g/mol. The van der Waals surface area contributed by atoms with Gasteiger partial charge in [0.05, 0.1) is 11.3 Å². The van der Waals surface area contributed by atoms with Crippen molar-refractivity contribution in [1.29, 1.82) is 0 Å². The Morgan fingerprint density at radius 2 is 1.73 bits per heavy atom. The summed E-state index contributed by atoms with van der Waals surface area (Å²) in [6.07, 6.45) is 1.24.